The van der Waals surface area contributed by atoms with Crippen molar-refractivity contribution in [1.82, 2.24) is 14.5 Å². The van der Waals surface area contributed by atoms with Crippen LogP contribution in [-0.4, -0.2) is 31.4 Å². The highest BCUT2D eigenvalue weighted by Gasteiger charge is 2.42. The summed E-state index contributed by atoms with van der Waals surface area (Å²) >= 11 is 1.27. The van der Waals surface area contributed by atoms with Gasteiger partial charge in [-0.2, -0.15) is 0 Å². The van der Waals surface area contributed by atoms with Crippen LogP contribution in [-0.2, 0) is 10.3 Å². The molecule has 94 valence electrons. The molecular weight excluding hydrogens is 250 g/mol. The number of carbonyl (C=O) groups is 1. The van der Waals surface area contributed by atoms with Gasteiger partial charge in [0.1, 0.15) is 5.52 Å². The maximum absolute atomic E-state index is 10.7. The summed E-state index contributed by atoms with van der Waals surface area (Å²) in [5.74, 6) is -0.787. The summed E-state index contributed by atoms with van der Waals surface area (Å²) < 4.78 is 2.16. The highest BCUT2D eigenvalue weighted by Crippen LogP contribution is 2.46. The van der Waals surface area contributed by atoms with E-state index < -0.39 is 5.97 Å². The quantitative estimate of drug-likeness (QED) is 0.856. The van der Waals surface area contributed by atoms with Crippen molar-refractivity contribution in [3.8, 4) is 0 Å². The molecule has 1 aliphatic rings. The van der Waals surface area contributed by atoms with Gasteiger partial charge in [-0.3, -0.25) is 9.78 Å². The number of carboxylic acid groups (broad SMARTS) is 1. The van der Waals surface area contributed by atoms with Gasteiger partial charge in [0.2, 0.25) is 0 Å². The van der Waals surface area contributed by atoms with Crippen LogP contribution < -0.4 is 0 Å². The number of thioether (sulfide) groups is 1. The van der Waals surface area contributed by atoms with E-state index in [0.29, 0.717) is 0 Å². The molecule has 2 aromatic rings. The minimum absolute atomic E-state index is 0.0346. The first kappa shape index (κ1) is 11.5. The molecule has 1 saturated carbocycles. The van der Waals surface area contributed by atoms with Crippen LogP contribution in [0.5, 0.6) is 0 Å². The van der Waals surface area contributed by atoms with E-state index in [1.165, 1.54) is 11.8 Å². The molecule has 0 saturated heterocycles. The van der Waals surface area contributed by atoms with E-state index in [0.717, 1.165) is 29.0 Å². The van der Waals surface area contributed by atoms with Gasteiger partial charge in [-0.1, -0.05) is 11.8 Å². The Hall–Kier alpha value is -1.56. The van der Waals surface area contributed by atoms with Gasteiger partial charge in [0.25, 0.3) is 0 Å². The molecule has 2 aromatic heterocycles. The Morgan fingerprint density at radius 3 is 3.06 bits per heavy atom. The molecule has 18 heavy (non-hydrogen) atoms. The average molecular weight is 263 g/mol. The molecule has 1 fully saturated rings. The van der Waals surface area contributed by atoms with E-state index in [2.05, 4.69) is 21.5 Å². The van der Waals surface area contributed by atoms with E-state index in [9.17, 15) is 4.79 Å². The standard InChI is InChI=1S/C12H13N3O2S/c1-12(3-4-12)15-9-2-5-13-6-8(9)14-11(15)18-7-10(16)17/h2,5-6H,3-4,7H2,1H3,(H,16,17). The van der Waals surface area contributed by atoms with Crippen LogP contribution in [0.3, 0.4) is 0 Å². The van der Waals surface area contributed by atoms with Gasteiger partial charge < -0.3 is 9.67 Å². The van der Waals surface area contributed by atoms with Crippen LogP contribution in [0.15, 0.2) is 23.6 Å². The number of hydrogen-bond donors (Lipinski definition) is 1. The molecule has 1 N–H and O–H groups in total. The van der Waals surface area contributed by atoms with Crippen LogP contribution in [0.4, 0.5) is 0 Å². The number of nitrogens with zero attached hydrogens (tertiary/aromatic N) is 3. The maximum atomic E-state index is 10.7. The molecule has 0 aliphatic heterocycles. The third-order valence-corrected chi connectivity index (χ3v) is 4.19. The summed E-state index contributed by atoms with van der Waals surface area (Å²) in [6.45, 7) is 2.18. The fraction of sp³-hybridized carbons (Fsp3) is 0.417. The number of imidazole rings is 1. The zero-order valence-electron chi connectivity index (χ0n) is 9.96. The minimum Gasteiger partial charge on any atom is -0.481 e. The van der Waals surface area contributed by atoms with Gasteiger partial charge in [0.05, 0.1) is 17.5 Å². The topological polar surface area (TPSA) is 68.0 Å². The monoisotopic (exact) mass is 263 g/mol. The molecule has 0 bridgehead atoms. The van der Waals surface area contributed by atoms with Crippen molar-refractivity contribution in [2.75, 3.05) is 5.75 Å². The second-order valence-electron chi connectivity index (χ2n) is 4.77. The van der Waals surface area contributed by atoms with Crippen LogP contribution in [0.25, 0.3) is 11.0 Å². The van der Waals surface area contributed by atoms with Crippen LogP contribution >= 0.6 is 11.8 Å². The normalized spacial score (nSPS) is 16.9. The van der Waals surface area contributed by atoms with E-state index in [1.807, 2.05) is 6.07 Å². The van der Waals surface area contributed by atoms with Gasteiger partial charge >= 0.3 is 5.97 Å². The highest BCUT2D eigenvalue weighted by molar-refractivity contribution is 7.99. The highest BCUT2D eigenvalue weighted by atomic mass is 32.2. The van der Waals surface area contributed by atoms with Crippen LogP contribution in [0.1, 0.15) is 19.8 Å². The summed E-state index contributed by atoms with van der Waals surface area (Å²) in [5, 5.41) is 9.57. The molecule has 3 rings (SSSR count). The number of fused-ring (bicyclic) bond motifs is 1. The number of carboxylic acids is 1. The predicted molar refractivity (Wildman–Crippen MR) is 68.8 cm³/mol. The molecule has 0 spiro atoms. The predicted octanol–water partition coefficient (Wildman–Crippen LogP) is 2.12. The van der Waals surface area contributed by atoms with Crippen molar-refractivity contribution < 1.29 is 9.90 Å². The zero-order valence-corrected chi connectivity index (χ0v) is 10.8. The maximum Gasteiger partial charge on any atom is 0.313 e. The Bertz CT molecular complexity index is 619. The van der Waals surface area contributed by atoms with Gasteiger partial charge in [-0.25, -0.2) is 4.98 Å². The smallest absolute Gasteiger partial charge is 0.313 e. The number of rotatable bonds is 4. The fourth-order valence-corrected chi connectivity index (χ4v) is 2.92. The first-order valence-corrected chi connectivity index (χ1v) is 6.76. The van der Waals surface area contributed by atoms with E-state index in [4.69, 9.17) is 5.11 Å². The van der Waals surface area contributed by atoms with Crippen molar-refractivity contribution in [3.63, 3.8) is 0 Å². The Labute approximate surface area is 108 Å². The van der Waals surface area contributed by atoms with Gasteiger partial charge in [0.15, 0.2) is 5.16 Å². The number of aromatic nitrogens is 3. The lowest BCUT2D eigenvalue weighted by Gasteiger charge is -2.15. The summed E-state index contributed by atoms with van der Waals surface area (Å²) in [4.78, 5) is 19.2. The largest absolute Gasteiger partial charge is 0.481 e. The Balaban J connectivity index is 2.09. The molecular formula is C12H13N3O2S. The molecule has 0 aromatic carbocycles. The molecule has 6 heteroatoms. The summed E-state index contributed by atoms with van der Waals surface area (Å²) in [6.07, 6.45) is 5.70. The van der Waals surface area contributed by atoms with Crippen molar-refractivity contribution in [2.24, 2.45) is 0 Å². The first-order valence-electron chi connectivity index (χ1n) is 5.78. The SMILES string of the molecule is CC1(n2c(SCC(=O)O)nc3cnccc32)CC1. The summed E-state index contributed by atoms with van der Waals surface area (Å²) in [6, 6.07) is 1.94. The van der Waals surface area contributed by atoms with E-state index in [-0.39, 0.29) is 11.3 Å². The molecule has 0 atom stereocenters. The lowest BCUT2D eigenvalue weighted by atomic mass is 10.3. The second kappa shape index (κ2) is 3.98. The van der Waals surface area contributed by atoms with Gasteiger partial charge in [0, 0.05) is 11.7 Å². The van der Waals surface area contributed by atoms with Gasteiger partial charge in [-0.05, 0) is 25.8 Å². The van der Waals surface area contributed by atoms with Crippen molar-refractivity contribution in [2.45, 2.75) is 30.5 Å². The Kier molecular flexibility index (Phi) is 2.55. The first-order chi connectivity index (χ1) is 8.60. The lowest BCUT2D eigenvalue weighted by Crippen LogP contribution is -2.14. The third-order valence-electron chi connectivity index (χ3n) is 3.26. The second-order valence-corrected chi connectivity index (χ2v) is 5.72. The molecule has 0 radical (unpaired) electrons. The molecule has 0 unspecified atom stereocenters. The molecule has 2 heterocycles. The van der Waals surface area contributed by atoms with Crippen LogP contribution in [0.2, 0.25) is 0 Å². The summed E-state index contributed by atoms with van der Waals surface area (Å²) in [7, 11) is 0. The lowest BCUT2D eigenvalue weighted by molar-refractivity contribution is -0.133. The van der Waals surface area contributed by atoms with Crippen molar-refractivity contribution in [3.05, 3.63) is 18.5 Å². The van der Waals surface area contributed by atoms with Crippen molar-refractivity contribution >= 4 is 28.8 Å². The average Bonchev–Trinajstić information content (AvgIpc) is 2.95. The number of aliphatic carboxylic acids is 1. The van der Waals surface area contributed by atoms with E-state index >= 15 is 0 Å². The Morgan fingerprint density at radius 1 is 1.61 bits per heavy atom. The Morgan fingerprint density at radius 2 is 2.39 bits per heavy atom. The summed E-state index contributed by atoms with van der Waals surface area (Å²) in [5.41, 5.74) is 1.97. The van der Waals surface area contributed by atoms with E-state index in [1.54, 1.807) is 12.4 Å². The van der Waals surface area contributed by atoms with Crippen LogP contribution in [0, 0.1) is 0 Å². The minimum atomic E-state index is -0.822. The fourth-order valence-electron chi connectivity index (χ4n) is 2.06. The van der Waals surface area contributed by atoms with Crippen molar-refractivity contribution in [1.29, 1.82) is 0 Å². The molecule has 5 nitrogen and oxygen atoms in total. The van der Waals surface area contributed by atoms with Gasteiger partial charge in [-0.15, -0.1) is 0 Å². The third kappa shape index (κ3) is 1.86. The number of pyridine rings is 1. The molecule has 0 amide bonds. The number of hydrogen-bond acceptors (Lipinski definition) is 4. The molecule has 1 aliphatic carbocycles. The zero-order chi connectivity index (χ0) is 12.8.